The molecule has 0 saturated carbocycles. The number of allylic oxidation sites excluding steroid dienone is 1. The zero-order valence-corrected chi connectivity index (χ0v) is 7.41. The van der Waals surface area contributed by atoms with E-state index in [-0.39, 0.29) is 0 Å². The van der Waals surface area contributed by atoms with Crippen LogP contribution in [0.1, 0.15) is 33.6 Å². The van der Waals surface area contributed by atoms with Crippen LogP contribution in [0.2, 0.25) is 0 Å². The lowest BCUT2D eigenvalue weighted by Gasteiger charge is -2.11. The van der Waals surface area contributed by atoms with Gasteiger partial charge in [-0.05, 0) is 12.3 Å². The Kier molecular flexibility index (Phi) is 5.09. The first-order chi connectivity index (χ1) is 4.70. The van der Waals surface area contributed by atoms with Crippen LogP contribution in [-0.4, -0.2) is 6.54 Å². The summed E-state index contributed by atoms with van der Waals surface area (Å²) in [6, 6.07) is 0. The minimum atomic E-state index is 0.767. The van der Waals surface area contributed by atoms with Crippen LogP contribution in [0.15, 0.2) is 12.3 Å². The van der Waals surface area contributed by atoms with Crippen molar-refractivity contribution in [2.24, 2.45) is 5.92 Å². The van der Waals surface area contributed by atoms with E-state index in [9.17, 15) is 0 Å². The first-order valence-corrected chi connectivity index (χ1v) is 4.12. The molecule has 0 aromatic heterocycles. The Hall–Kier alpha value is -0.460. The van der Waals surface area contributed by atoms with Crippen LogP contribution < -0.4 is 5.32 Å². The van der Waals surface area contributed by atoms with Crippen LogP contribution in [0.25, 0.3) is 0 Å². The molecule has 0 fully saturated rings. The Balaban J connectivity index is 3.26. The van der Waals surface area contributed by atoms with E-state index >= 15 is 0 Å². The minimum Gasteiger partial charge on any atom is -0.389 e. The lowest BCUT2D eigenvalue weighted by Crippen LogP contribution is -2.19. The molecule has 0 saturated heterocycles. The number of hydrogen-bond donors (Lipinski definition) is 1. The molecule has 1 N–H and O–H groups in total. The highest BCUT2D eigenvalue weighted by Gasteiger charge is 1.96. The van der Waals surface area contributed by atoms with Crippen LogP contribution in [0, 0.1) is 5.92 Å². The summed E-state index contributed by atoms with van der Waals surface area (Å²) in [6.07, 6.45) is 2.28. The quantitative estimate of drug-likeness (QED) is 0.620. The van der Waals surface area contributed by atoms with Crippen molar-refractivity contribution in [2.75, 3.05) is 6.54 Å². The number of rotatable bonds is 5. The first kappa shape index (κ1) is 9.54. The molecule has 60 valence electrons. The predicted molar refractivity (Wildman–Crippen MR) is 46.9 cm³/mol. The SMILES string of the molecule is C=C(CC)NC[C@@H](C)CC. The molecule has 0 rings (SSSR count). The van der Waals surface area contributed by atoms with Crippen molar-refractivity contribution < 1.29 is 0 Å². The topological polar surface area (TPSA) is 12.0 Å². The van der Waals surface area contributed by atoms with E-state index in [0.29, 0.717) is 0 Å². The molecule has 1 nitrogen and oxygen atoms in total. The molecule has 0 aliphatic rings. The smallest absolute Gasteiger partial charge is 0.0169 e. The van der Waals surface area contributed by atoms with Crippen LogP contribution in [0.3, 0.4) is 0 Å². The van der Waals surface area contributed by atoms with Gasteiger partial charge in [-0.3, -0.25) is 0 Å². The van der Waals surface area contributed by atoms with E-state index in [4.69, 9.17) is 0 Å². The second-order valence-electron chi connectivity index (χ2n) is 2.85. The fraction of sp³-hybridized carbons (Fsp3) is 0.778. The average Bonchev–Trinajstić information content (AvgIpc) is 1.99. The summed E-state index contributed by atoms with van der Waals surface area (Å²) in [5.74, 6) is 0.767. The van der Waals surface area contributed by atoms with Crippen molar-refractivity contribution in [1.82, 2.24) is 5.32 Å². The highest BCUT2D eigenvalue weighted by Crippen LogP contribution is 1.99. The highest BCUT2D eigenvalue weighted by atomic mass is 14.9. The molecule has 0 spiro atoms. The lowest BCUT2D eigenvalue weighted by atomic mass is 10.1. The van der Waals surface area contributed by atoms with E-state index in [2.05, 4.69) is 32.7 Å². The Morgan fingerprint density at radius 3 is 2.50 bits per heavy atom. The standard InChI is InChI=1S/C9H19N/c1-5-8(3)7-10-9(4)6-2/h8,10H,4-7H2,1-3H3/t8-/m0/s1. The third-order valence-corrected chi connectivity index (χ3v) is 1.82. The molecular formula is C9H19N. The largest absolute Gasteiger partial charge is 0.389 e. The van der Waals surface area contributed by atoms with Gasteiger partial charge in [-0.2, -0.15) is 0 Å². The van der Waals surface area contributed by atoms with Crippen molar-refractivity contribution in [2.45, 2.75) is 33.6 Å². The molecule has 0 aromatic carbocycles. The number of nitrogens with one attached hydrogen (secondary N) is 1. The monoisotopic (exact) mass is 141 g/mol. The molecule has 0 aromatic rings. The summed E-state index contributed by atoms with van der Waals surface area (Å²) in [5.41, 5.74) is 1.15. The van der Waals surface area contributed by atoms with E-state index in [0.717, 1.165) is 24.6 Å². The van der Waals surface area contributed by atoms with Crippen molar-refractivity contribution in [1.29, 1.82) is 0 Å². The molecule has 1 atom stereocenters. The van der Waals surface area contributed by atoms with Crippen molar-refractivity contribution >= 4 is 0 Å². The van der Waals surface area contributed by atoms with Gasteiger partial charge in [0.05, 0.1) is 0 Å². The van der Waals surface area contributed by atoms with Crippen LogP contribution in [0.4, 0.5) is 0 Å². The van der Waals surface area contributed by atoms with Gasteiger partial charge in [-0.15, -0.1) is 0 Å². The third kappa shape index (κ3) is 4.42. The summed E-state index contributed by atoms with van der Waals surface area (Å²) >= 11 is 0. The Labute approximate surface area is 64.5 Å². The fourth-order valence-electron chi connectivity index (χ4n) is 0.588. The van der Waals surface area contributed by atoms with Gasteiger partial charge in [-0.25, -0.2) is 0 Å². The van der Waals surface area contributed by atoms with Gasteiger partial charge in [0.25, 0.3) is 0 Å². The van der Waals surface area contributed by atoms with E-state index in [1.807, 2.05) is 0 Å². The summed E-state index contributed by atoms with van der Waals surface area (Å²) in [6.45, 7) is 11.5. The maximum absolute atomic E-state index is 3.87. The molecule has 1 heteroatoms. The Morgan fingerprint density at radius 1 is 1.50 bits per heavy atom. The Bertz CT molecular complexity index is 96.9. The molecule has 10 heavy (non-hydrogen) atoms. The molecule has 0 unspecified atom stereocenters. The molecule has 0 radical (unpaired) electrons. The zero-order chi connectivity index (χ0) is 7.98. The number of hydrogen-bond acceptors (Lipinski definition) is 1. The van der Waals surface area contributed by atoms with Gasteiger partial charge in [0, 0.05) is 12.2 Å². The van der Waals surface area contributed by atoms with Gasteiger partial charge >= 0.3 is 0 Å². The maximum Gasteiger partial charge on any atom is 0.0169 e. The third-order valence-electron chi connectivity index (χ3n) is 1.82. The summed E-state index contributed by atoms with van der Waals surface area (Å²) in [7, 11) is 0. The van der Waals surface area contributed by atoms with E-state index < -0.39 is 0 Å². The highest BCUT2D eigenvalue weighted by molar-refractivity contribution is 4.89. The van der Waals surface area contributed by atoms with E-state index in [1.54, 1.807) is 0 Å². The zero-order valence-electron chi connectivity index (χ0n) is 7.41. The second kappa shape index (κ2) is 5.33. The lowest BCUT2D eigenvalue weighted by molar-refractivity contribution is 0.526. The van der Waals surface area contributed by atoms with Gasteiger partial charge in [0.15, 0.2) is 0 Å². The van der Waals surface area contributed by atoms with Gasteiger partial charge in [0.2, 0.25) is 0 Å². The van der Waals surface area contributed by atoms with Gasteiger partial charge in [-0.1, -0.05) is 33.8 Å². The molecule has 0 aliphatic heterocycles. The summed E-state index contributed by atoms with van der Waals surface area (Å²) in [5, 5.41) is 3.29. The first-order valence-electron chi connectivity index (χ1n) is 4.12. The van der Waals surface area contributed by atoms with Crippen molar-refractivity contribution in [3.05, 3.63) is 12.3 Å². The fourth-order valence-corrected chi connectivity index (χ4v) is 0.588. The van der Waals surface area contributed by atoms with Crippen molar-refractivity contribution in [3.63, 3.8) is 0 Å². The van der Waals surface area contributed by atoms with Gasteiger partial charge in [0.1, 0.15) is 0 Å². The molecule has 0 aliphatic carbocycles. The molecular weight excluding hydrogens is 122 g/mol. The van der Waals surface area contributed by atoms with E-state index in [1.165, 1.54) is 6.42 Å². The summed E-state index contributed by atoms with van der Waals surface area (Å²) in [4.78, 5) is 0. The predicted octanol–water partition coefficient (Wildman–Crippen LogP) is 2.55. The van der Waals surface area contributed by atoms with Crippen LogP contribution in [0.5, 0.6) is 0 Å². The molecule has 0 bridgehead atoms. The van der Waals surface area contributed by atoms with Crippen molar-refractivity contribution in [3.8, 4) is 0 Å². The summed E-state index contributed by atoms with van der Waals surface area (Å²) < 4.78 is 0. The molecule has 0 amide bonds. The maximum atomic E-state index is 3.87. The minimum absolute atomic E-state index is 0.767. The normalized spacial score (nSPS) is 12.7. The van der Waals surface area contributed by atoms with Crippen LogP contribution >= 0.6 is 0 Å². The second-order valence-corrected chi connectivity index (χ2v) is 2.85. The Morgan fingerprint density at radius 2 is 2.10 bits per heavy atom. The van der Waals surface area contributed by atoms with Crippen LogP contribution in [-0.2, 0) is 0 Å². The van der Waals surface area contributed by atoms with Gasteiger partial charge < -0.3 is 5.32 Å². The molecule has 0 heterocycles. The average molecular weight is 141 g/mol.